The fourth-order valence-corrected chi connectivity index (χ4v) is 3.24. The van der Waals surface area contributed by atoms with Gasteiger partial charge in [0.2, 0.25) is 0 Å². The molecule has 136 valence electrons. The zero-order chi connectivity index (χ0) is 18.6. The zero-order valence-electron chi connectivity index (χ0n) is 14.0. The van der Waals surface area contributed by atoms with Crippen molar-refractivity contribution in [1.82, 2.24) is 10.6 Å². The molecule has 1 heterocycles. The van der Waals surface area contributed by atoms with Crippen LogP contribution in [0.15, 0.2) is 24.4 Å². The van der Waals surface area contributed by atoms with Gasteiger partial charge in [0.1, 0.15) is 11.7 Å². The van der Waals surface area contributed by atoms with Gasteiger partial charge in [-0.25, -0.2) is 4.79 Å². The third-order valence-electron chi connectivity index (χ3n) is 3.84. The first-order chi connectivity index (χ1) is 11.9. The summed E-state index contributed by atoms with van der Waals surface area (Å²) in [4.78, 5) is 24.5. The Morgan fingerprint density at radius 2 is 2.08 bits per heavy atom. The van der Waals surface area contributed by atoms with E-state index in [-0.39, 0.29) is 10.7 Å². The highest BCUT2D eigenvalue weighted by Gasteiger charge is 2.40. The largest absolute Gasteiger partial charge is 0.495 e. The first kappa shape index (κ1) is 19.4. The maximum atomic E-state index is 12.6. The van der Waals surface area contributed by atoms with Crippen LogP contribution in [0.3, 0.4) is 0 Å². The predicted octanol–water partition coefficient (Wildman–Crippen LogP) is 3.83. The lowest BCUT2D eigenvalue weighted by molar-refractivity contribution is -0.148. The minimum Gasteiger partial charge on any atom is -0.495 e. The maximum absolute atomic E-state index is 12.6. The lowest BCUT2D eigenvalue weighted by atomic mass is 9.88. The Balaban J connectivity index is 2.42. The lowest BCUT2D eigenvalue weighted by Crippen LogP contribution is -2.51. The van der Waals surface area contributed by atoms with Gasteiger partial charge in [0.25, 0.3) is 0 Å². The standard InChI is InChI=1S/C17H20Cl2N2O4/c1-4-5-6-25-16(22)13-9(2)20-17(23)21-14(13)11-7-10(18)8-12(19)15(11)24-3/h7-8,13-14H,2,4-6H2,1,3H3,(H2,20,21,23)/t13-,14+/m0/s1. The zero-order valence-corrected chi connectivity index (χ0v) is 15.5. The van der Waals surface area contributed by atoms with E-state index in [9.17, 15) is 9.59 Å². The average molecular weight is 387 g/mol. The fraction of sp³-hybridized carbons (Fsp3) is 0.412. The van der Waals surface area contributed by atoms with Crippen molar-refractivity contribution in [3.63, 3.8) is 0 Å². The number of halogens is 2. The molecule has 1 saturated heterocycles. The smallest absolute Gasteiger partial charge is 0.319 e. The van der Waals surface area contributed by atoms with Crippen LogP contribution in [0.4, 0.5) is 4.79 Å². The van der Waals surface area contributed by atoms with E-state index >= 15 is 0 Å². The minimum absolute atomic E-state index is 0.244. The molecule has 6 nitrogen and oxygen atoms in total. The monoisotopic (exact) mass is 386 g/mol. The Bertz CT molecular complexity index is 693. The quantitative estimate of drug-likeness (QED) is 0.575. The summed E-state index contributed by atoms with van der Waals surface area (Å²) in [6.45, 7) is 6.09. The van der Waals surface area contributed by atoms with Gasteiger partial charge in [-0.3, -0.25) is 4.79 Å². The molecule has 25 heavy (non-hydrogen) atoms. The number of urea groups is 1. The van der Waals surface area contributed by atoms with E-state index in [1.54, 1.807) is 6.07 Å². The number of ether oxygens (including phenoxy) is 2. The van der Waals surface area contributed by atoms with Gasteiger partial charge in [-0.05, 0) is 18.6 Å². The first-order valence-corrected chi connectivity index (χ1v) is 8.60. The number of esters is 1. The molecule has 0 aliphatic carbocycles. The molecule has 8 heteroatoms. The molecule has 0 unspecified atom stereocenters. The van der Waals surface area contributed by atoms with Gasteiger partial charge in [0.15, 0.2) is 0 Å². The molecule has 1 fully saturated rings. The number of benzene rings is 1. The summed E-state index contributed by atoms with van der Waals surface area (Å²) in [6.07, 6.45) is 1.65. The third-order valence-corrected chi connectivity index (χ3v) is 4.34. The summed E-state index contributed by atoms with van der Waals surface area (Å²) in [5.41, 5.74) is 0.724. The molecule has 1 aromatic carbocycles. The molecule has 0 spiro atoms. The van der Waals surface area contributed by atoms with Crippen LogP contribution in [0.5, 0.6) is 5.75 Å². The van der Waals surface area contributed by atoms with E-state index in [0.29, 0.717) is 22.9 Å². The molecule has 1 aliphatic heterocycles. The molecule has 2 atom stereocenters. The molecule has 0 aromatic heterocycles. The predicted molar refractivity (Wildman–Crippen MR) is 95.9 cm³/mol. The van der Waals surface area contributed by atoms with Gasteiger partial charge in [-0.2, -0.15) is 0 Å². The highest BCUT2D eigenvalue weighted by Crippen LogP contribution is 2.40. The maximum Gasteiger partial charge on any atom is 0.319 e. The first-order valence-electron chi connectivity index (χ1n) is 7.84. The average Bonchev–Trinajstić information content (AvgIpc) is 2.53. The number of hydrogen-bond acceptors (Lipinski definition) is 4. The van der Waals surface area contributed by atoms with Gasteiger partial charge < -0.3 is 20.1 Å². The second-order valence-electron chi connectivity index (χ2n) is 5.61. The van der Waals surface area contributed by atoms with Gasteiger partial charge in [-0.15, -0.1) is 0 Å². The number of unbranched alkanes of at least 4 members (excludes halogenated alkanes) is 1. The number of carbonyl (C=O) groups excluding carboxylic acids is 2. The Morgan fingerprint density at radius 1 is 1.36 bits per heavy atom. The van der Waals surface area contributed by atoms with E-state index in [1.807, 2.05) is 6.92 Å². The summed E-state index contributed by atoms with van der Waals surface area (Å²) >= 11 is 12.3. The van der Waals surface area contributed by atoms with E-state index in [1.165, 1.54) is 13.2 Å². The molecular weight excluding hydrogens is 367 g/mol. The highest BCUT2D eigenvalue weighted by molar-refractivity contribution is 6.35. The normalized spacial score (nSPS) is 19.8. The number of amides is 2. The molecule has 0 bridgehead atoms. The summed E-state index contributed by atoms with van der Waals surface area (Å²) in [5.74, 6) is -0.996. The van der Waals surface area contributed by atoms with Gasteiger partial charge in [-0.1, -0.05) is 43.1 Å². The molecule has 0 radical (unpaired) electrons. The van der Waals surface area contributed by atoms with Crippen molar-refractivity contribution < 1.29 is 19.1 Å². The minimum atomic E-state index is -0.835. The van der Waals surface area contributed by atoms with Gasteiger partial charge in [0, 0.05) is 16.3 Å². The topological polar surface area (TPSA) is 76.7 Å². The number of rotatable bonds is 6. The van der Waals surface area contributed by atoms with Crippen LogP contribution in [0, 0.1) is 5.92 Å². The van der Waals surface area contributed by atoms with Gasteiger partial charge in [0.05, 0.1) is 24.8 Å². The van der Waals surface area contributed by atoms with Crippen LogP contribution in [0.25, 0.3) is 0 Å². The number of methoxy groups -OCH3 is 1. The number of carbonyl (C=O) groups is 2. The van der Waals surface area contributed by atoms with E-state index < -0.39 is 24.0 Å². The van der Waals surface area contributed by atoms with E-state index in [2.05, 4.69) is 17.2 Å². The second kappa shape index (κ2) is 8.45. The Hall–Kier alpha value is -1.92. The van der Waals surface area contributed by atoms with Crippen molar-refractivity contribution in [3.05, 3.63) is 40.0 Å². The van der Waals surface area contributed by atoms with Crippen LogP contribution in [-0.4, -0.2) is 25.7 Å². The number of nitrogens with one attached hydrogen (secondary N) is 2. The van der Waals surface area contributed by atoms with Crippen LogP contribution in [0.2, 0.25) is 10.0 Å². The molecule has 2 rings (SSSR count). The molecule has 0 saturated carbocycles. The third kappa shape index (κ3) is 4.38. The lowest BCUT2D eigenvalue weighted by Gasteiger charge is -2.34. The summed E-state index contributed by atoms with van der Waals surface area (Å²) in [7, 11) is 1.45. The Kier molecular flexibility index (Phi) is 6.56. The van der Waals surface area contributed by atoms with E-state index in [4.69, 9.17) is 32.7 Å². The van der Waals surface area contributed by atoms with Crippen molar-refractivity contribution in [3.8, 4) is 5.75 Å². The van der Waals surface area contributed by atoms with Crippen molar-refractivity contribution in [2.75, 3.05) is 13.7 Å². The van der Waals surface area contributed by atoms with Crippen molar-refractivity contribution >= 4 is 35.2 Å². The molecule has 2 amide bonds. The summed E-state index contributed by atoms with van der Waals surface area (Å²) in [5, 5.41) is 5.86. The van der Waals surface area contributed by atoms with Crippen molar-refractivity contribution in [1.29, 1.82) is 0 Å². The molecule has 2 N–H and O–H groups in total. The Morgan fingerprint density at radius 3 is 2.72 bits per heavy atom. The van der Waals surface area contributed by atoms with Crippen molar-refractivity contribution in [2.24, 2.45) is 5.92 Å². The molecular formula is C17H20Cl2N2O4. The Labute approximate surface area is 156 Å². The van der Waals surface area contributed by atoms with Crippen LogP contribution >= 0.6 is 23.2 Å². The fourth-order valence-electron chi connectivity index (χ4n) is 2.65. The van der Waals surface area contributed by atoms with Crippen LogP contribution < -0.4 is 15.4 Å². The van der Waals surface area contributed by atoms with Crippen LogP contribution in [-0.2, 0) is 9.53 Å². The van der Waals surface area contributed by atoms with Gasteiger partial charge >= 0.3 is 12.0 Å². The summed E-state index contributed by atoms with van der Waals surface area (Å²) < 4.78 is 10.7. The second-order valence-corrected chi connectivity index (χ2v) is 6.45. The SMILES string of the molecule is C=C1NC(=O)N[C@H](c2cc(Cl)cc(Cl)c2OC)[C@H]1C(=O)OCCCC. The number of hydrogen-bond donors (Lipinski definition) is 2. The summed E-state index contributed by atoms with van der Waals surface area (Å²) in [6, 6.07) is 1.88. The van der Waals surface area contributed by atoms with Crippen molar-refractivity contribution in [2.45, 2.75) is 25.8 Å². The van der Waals surface area contributed by atoms with E-state index in [0.717, 1.165) is 12.8 Å². The van der Waals surface area contributed by atoms with Crippen LogP contribution in [0.1, 0.15) is 31.4 Å². The highest BCUT2D eigenvalue weighted by atomic mass is 35.5. The molecule has 1 aromatic rings. The molecule has 1 aliphatic rings.